The number of nitrogens with two attached hydrogens (primary N) is 2. The fourth-order valence-electron chi connectivity index (χ4n) is 1.21. The number of para-hydroxylation sites is 1. The van der Waals surface area contributed by atoms with Crippen LogP contribution in [0.3, 0.4) is 0 Å². The SMILES string of the molecule is NC(=O)CNc1nc2c(N)cccc2o1. The van der Waals surface area contributed by atoms with Crippen LogP contribution in [0, 0.1) is 0 Å². The van der Waals surface area contributed by atoms with Gasteiger partial charge in [-0.1, -0.05) is 6.07 Å². The maximum atomic E-state index is 10.5. The molecule has 1 aromatic heterocycles. The molecule has 1 amide bonds. The van der Waals surface area contributed by atoms with Gasteiger partial charge in [0, 0.05) is 0 Å². The number of fused-ring (bicyclic) bond motifs is 1. The average Bonchev–Trinajstić information content (AvgIpc) is 2.59. The Hall–Kier alpha value is -2.24. The van der Waals surface area contributed by atoms with Gasteiger partial charge in [-0.15, -0.1) is 0 Å². The van der Waals surface area contributed by atoms with Gasteiger partial charge in [0.15, 0.2) is 5.58 Å². The summed E-state index contributed by atoms with van der Waals surface area (Å²) in [4.78, 5) is 14.6. The van der Waals surface area contributed by atoms with Gasteiger partial charge in [0.25, 0.3) is 6.01 Å². The van der Waals surface area contributed by atoms with E-state index < -0.39 is 5.91 Å². The number of rotatable bonds is 3. The summed E-state index contributed by atoms with van der Waals surface area (Å²) in [6.45, 7) is -0.0211. The molecular weight excluding hydrogens is 196 g/mol. The molecule has 2 aromatic rings. The maximum Gasteiger partial charge on any atom is 0.296 e. The lowest BCUT2D eigenvalue weighted by molar-refractivity contribution is -0.116. The van der Waals surface area contributed by atoms with E-state index in [1.807, 2.05) is 0 Å². The third-order valence-corrected chi connectivity index (χ3v) is 1.86. The first-order chi connectivity index (χ1) is 7.16. The number of primary amides is 1. The number of hydrogen-bond acceptors (Lipinski definition) is 5. The normalized spacial score (nSPS) is 10.4. The highest BCUT2D eigenvalue weighted by atomic mass is 16.4. The van der Waals surface area contributed by atoms with Crippen molar-refractivity contribution in [2.24, 2.45) is 5.73 Å². The summed E-state index contributed by atoms with van der Waals surface area (Å²) in [5, 5.41) is 2.65. The van der Waals surface area contributed by atoms with E-state index in [2.05, 4.69) is 10.3 Å². The highest BCUT2D eigenvalue weighted by Gasteiger charge is 2.07. The maximum absolute atomic E-state index is 10.5. The highest BCUT2D eigenvalue weighted by Crippen LogP contribution is 2.23. The Labute approximate surface area is 85.2 Å². The van der Waals surface area contributed by atoms with Crippen molar-refractivity contribution < 1.29 is 9.21 Å². The van der Waals surface area contributed by atoms with Crippen LogP contribution in [-0.2, 0) is 4.79 Å². The second kappa shape index (κ2) is 3.49. The largest absolute Gasteiger partial charge is 0.423 e. The molecule has 0 atom stereocenters. The molecule has 0 fully saturated rings. The predicted octanol–water partition coefficient (Wildman–Crippen LogP) is 0.307. The number of nitrogens with one attached hydrogen (secondary N) is 1. The molecule has 15 heavy (non-hydrogen) atoms. The molecule has 0 radical (unpaired) electrons. The number of benzene rings is 1. The van der Waals surface area contributed by atoms with Crippen molar-refractivity contribution in [2.45, 2.75) is 0 Å². The Kier molecular flexibility index (Phi) is 2.17. The van der Waals surface area contributed by atoms with E-state index in [0.717, 1.165) is 0 Å². The quantitative estimate of drug-likeness (QED) is 0.626. The molecule has 1 aromatic carbocycles. The van der Waals surface area contributed by atoms with E-state index in [1.165, 1.54) is 0 Å². The van der Waals surface area contributed by atoms with Gasteiger partial charge in [-0.25, -0.2) is 0 Å². The van der Waals surface area contributed by atoms with E-state index in [9.17, 15) is 4.79 Å². The topological polar surface area (TPSA) is 107 Å². The summed E-state index contributed by atoms with van der Waals surface area (Å²) in [5.74, 6) is -0.481. The van der Waals surface area contributed by atoms with Crippen LogP contribution in [0.4, 0.5) is 11.7 Å². The van der Waals surface area contributed by atoms with Crippen LogP contribution in [0.5, 0.6) is 0 Å². The van der Waals surface area contributed by atoms with Gasteiger partial charge >= 0.3 is 0 Å². The van der Waals surface area contributed by atoms with Crippen molar-refractivity contribution in [3.8, 4) is 0 Å². The number of nitrogens with zero attached hydrogens (tertiary/aromatic N) is 1. The molecule has 5 N–H and O–H groups in total. The Bertz CT molecular complexity index is 506. The monoisotopic (exact) mass is 206 g/mol. The van der Waals surface area contributed by atoms with Gasteiger partial charge in [-0.2, -0.15) is 4.98 Å². The number of anilines is 2. The molecule has 0 aliphatic heterocycles. The Morgan fingerprint density at radius 2 is 2.33 bits per heavy atom. The van der Waals surface area contributed by atoms with Crippen molar-refractivity contribution in [1.29, 1.82) is 0 Å². The zero-order valence-corrected chi connectivity index (χ0v) is 7.86. The minimum absolute atomic E-state index is 0.0211. The molecule has 1 heterocycles. The van der Waals surface area contributed by atoms with E-state index in [0.29, 0.717) is 16.8 Å². The van der Waals surface area contributed by atoms with E-state index in [4.69, 9.17) is 15.9 Å². The Morgan fingerprint density at radius 3 is 3.00 bits per heavy atom. The van der Waals surface area contributed by atoms with Crippen molar-refractivity contribution >= 4 is 28.7 Å². The molecular formula is C9H10N4O2. The minimum Gasteiger partial charge on any atom is -0.423 e. The molecule has 0 aliphatic rings. The van der Waals surface area contributed by atoms with E-state index in [-0.39, 0.29) is 12.6 Å². The average molecular weight is 206 g/mol. The number of carbonyl (C=O) groups excluding carboxylic acids is 1. The molecule has 0 unspecified atom stereocenters. The predicted molar refractivity (Wildman–Crippen MR) is 56.1 cm³/mol. The number of nitrogen functional groups attached to an aromatic ring is 1. The number of aromatic nitrogens is 1. The summed E-state index contributed by atoms with van der Waals surface area (Å²) in [7, 11) is 0. The van der Waals surface area contributed by atoms with Gasteiger partial charge in [-0.05, 0) is 12.1 Å². The van der Waals surface area contributed by atoms with Crippen LogP contribution < -0.4 is 16.8 Å². The smallest absolute Gasteiger partial charge is 0.296 e. The van der Waals surface area contributed by atoms with Crippen molar-refractivity contribution in [1.82, 2.24) is 4.98 Å². The van der Waals surface area contributed by atoms with Gasteiger partial charge in [0.05, 0.1) is 12.2 Å². The first-order valence-electron chi connectivity index (χ1n) is 4.34. The molecule has 0 saturated carbocycles. The zero-order valence-electron chi connectivity index (χ0n) is 7.86. The summed E-state index contributed by atoms with van der Waals surface area (Å²) >= 11 is 0. The Morgan fingerprint density at radius 1 is 1.53 bits per heavy atom. The number of hydrogen-bond donors (Lipinski definition) is 3. The van der Waals surface area contributed by atoms with Crippen LogP contribution in [0.15, 0.2) is 22.6 Å². The zero-order chi connectivity index (χ0) is 10.8. The van der Waals surface area contributed by atoms with Crippen LogP contribution in [-0.4, -0.2) is 17.4 Å². The molecule has 78 valence electrons. The van der Waals surface area contributed by atoms with Crippen molar-refractivity contribution in [3.63, 3.8) is 0 Å². The molecule has 0 spiro atoms. The van der Waals surface area contributed by atoms with Crippen molar-refractivity contribution in [2.75, 3.05) is 17.6 Å². The number of carbonyl (C=O) groups is 1. The van der Waals surface area contributed by atoms with E-state index >= 15 is 0 Å². The third-order valence-electron chi connectivity index (χ3n) is 1.86. The molecule has 6 nitrogen and oxygen atoms in total. The molecule has 0 aliphatic carbocycles. The summed E-state index contributed by atoms with van der Waals surface area (Å²) < 4.78 is 5.29. The van der Waals surface area contributed by atoms with Gasteiger partial charge in [0.2, 0.25) is 5.91 Å². The third kappa shape index (κ3) is 1.83. The lowest BCUT2D eigenvalue weighted by atomic mass is 10.3. The van der Waals surface area contributed by atoms with Gasteiger partial charge < -0.3 is 21.2 Å². The second-order valence-electron chi connectivity index (χ2n) is 3.03. The van der Waals surface area contributed by atoms with E-state index in [1.54, 1.807) is 18.2 Å². The molecule has 0 bridgehead atoms. The standard InChI is InChI=1S/C9H10N4O2/c10-5-2-1-3-6-8(5)13-9(15-6)12-4-7(11)14/h1-3H,4,10H2,(H2,11,14)(H,12,13). The first kappa shape index (κ1) is 9.32. The number of oxazole rings is 1. The molecule has 6 heteroatoms. The van der Waals surface area contributed by atoms with Crippen LogP contribution in [0.25, 0.3) is 11.1 Å². The summed E-state index contributed by atoms with van der Waals surface area (Å²) in [5.41, 5.74) is 12.3. The van der Waals surface area contributed by atoms with Crippen LogP contribution in [0.1, 0.15) is 0 Å². The van der Waals surface area contributed by atoms with Crippen molar-refractivity contribution in [3.05, 3.63) is 18.2 Å². The fourth-order valence-corrected chi connectivity index (χ4v) is 1.21. The number of amides is 1. The lowest BCUT2D eigenvalue weighted by Crippen LogP contribution is -2.21. The van der Waals surface area contributed by atoms with Crippen LogP contribution >= 0.6 is 0 Å². The molecule has 2 rings (SSSR count). The van der Waals surface area contributed by atoms with Gasteiger partial charge in [0.1, 0.15) is 5.52 Å². The minimum atomic E-state index is -0.481. The highest BCUT2D eigenvalue weighted by molar-refractivity contribution is 5.86. The molecule has 0 saturated heterocycles. The van der Waals surface area contributed by atoms with Crippen LogP contribution in [0.2, 0.25) is 0 Å². The summed E-state index contributed by atoms with van der Waals surface area (Å²) in [6.07, 6.45) is 0. The summed E-state index contributed by atoms with van der Waals surface area (Å²) in [6, 6.07) is 5.47. The fraction of sp³-hybridized carbons (Fsp3) is 0.111. The Balaban J connectivity index is 2.31. The second-order valence-corrected chi connectivity index (χ2v) is 3.03. The lowest BCUT2D eigenvalue weighted by Gasteiger charge is -1.94. The first-order valence-corrected chi connectivity index (χ1v) is 4.34. The van der Waals surface area contributed by atoms with Gasteiger partial charge in [-0.3, -0.25) is 4.79 Å².